The van der Waals surface area contributed by atoms with E-state index in [2.05, 4.69) is 15.1 Å². The summed E-state index contributed by atoms with van der Waals surface area (Å²) in [6.07, 6.45) is 3.58. The molecule has 0 aliphatic heterocycles. The van der Waals surface area contributed by atoms with Crippen molar-refractivity contribution in [1.82, 2.24) is 19.7 Å². The maximum Gasteiger partial charge on any atom is 0.250 e. The van der Waals surface area contributed by atoms with Crippen LogP contribution in [0.25, 0.3) is 5.95 Å². The molecule has 0 bridgehead atoms. The summed E-state index contributed by atoms with van der Waals surface area (Å²) in [6, 6.07) is 3.78. The number of rotatable bonds is 1. The third kappa shape index (κ3) is 1.56. The van der Waals surface area contributed by atoms with Gasteiger partial charge >= 0.3 is 0 Å². The van der Waals surface area contributed by atoms with E-state index in [0.29, 0.717) is 5.95 Å². The van der Waals surface area contributed by atoms with Crippen LogP contribution in [0, 0.1) is 13.8 Å². The van der Waals surface area contributed by atoms with Gasteiger partial charge in [-0.05, 0) is 26.0 Å². The van der Waals surface area contributed by atoms with E-state index in [1.807, 2.05) is 32.2 Å². The molecule has 0 aliphatic rings. The number of hydrogen-bond acceptors (Lipinski definition) is 3. The summed E-state index contributed by atoms with van der Waals surface area (Å²) in [5, 5.41) is 4.21. The van der Waals surface area contributed by atoms with Crippen molar-refractivity contribution in [3.63, 3.8) is 0 Å². The van der Waals surface area contributed by atoms with Crippen LogP contribution >= 0.6 is 0 Å². The maximum atomic E-state index is 4.25. The zero-order valence-electron chi connectivity index (χ0n) is 7.60. The van der Waals surface area contributed by atoms with Gasteiger partial charge in [-0.1, -0.05) is 0 Å². The highest BCUT2D eigenvalue weighted by atomic mass is 15.3. The Kier molecular flexibility index (Phi) is 1.81. The molecule has 2 rings (SSSR count). The summed E-state index contributed by atoms with van der Waals surface area (Å²) in [4.78, 5) is 8.36. The molecule has 0 radical (unpaired) electrons. The second kappa shape index (κ2) is 2.97. The van der Waals surface area contributed by atoms with Gasteiger partial charge in [0.25, 0.3) is 5.95 Å². The van der Waals surface area contributed by atoms with Crippen molar-refractivity contribution >= 4 is 0 Å². The Hall–Kier alpha value is -1.71. The predicted octanol–water partition coefficient (Wildman–Crippen LogP) is 1.28. The van der Waals surface area contributed by atoms with Gasteiger partial charge < -0.3 is 0 Å². The van der Waals surface area contributed by atoms with Crippen LogP contribution < -0.4 is 0 Å². The minimum absolute atomic E-state index is 0.619. The molecule has 2 aromatic heterocycles. The van der Waals surface area contributed by atoms with Crippen molar-refractivity contribution < 1.29 is 0 Å². The van der Waals surface area contributed by atoms with Crippen LogP contribution in [0.3, 0.4) is 0 Å². The molecule has 0 unspecified atom stereocenters. The van der Waals surface area contributed by atoms with Crippen LogP contribution in [0.1, 0.15) is 11.4 Å². The molecule has 2 heterocycles. The average Bonchev–Trinajstić information content (AvgIpc) is 2.52. The third-order valence-corrected chi connectivity index (χ3v) is 1.71. The summed E-state index contributed by atoms with van der Waals surface area (Å²) >= 11 is 0. The van der Waals surface area contributed by atoms with Crippen LogP contribution in [0.15, 0.2) is 24.5 Å². The second-order valence-corrected chi connectivity index (χ2v) is 2.90. The van der Waals surface area contributed by atoms with Gasteiger partial charge in [0.2, 0.25) is 0 Å². The van der Waals surface area contributed by atoms with Crippen molar-refractivity contribution in [2.75, 3.05) is 0 Å². The Balaban J connectivity index is 2.46. The molecule has 4 heteroatoms. The Labute approximate surface area is 76.3 Å². The normalized spacial score (nSPS) is 10.3. The fraction of sp³-hybridized carbons (Fsp3) is 0.222. The summed E-state index contributed by atoms with van der Waals surface area (Å²) in [5.41, 5.74) is 1.91. The molecule has 2 aromatic rings. The largest absolute Gasteiger partial charge is 0.250 e. The first kappa shape index (κ1) is 7.91. The first-order valence-corrected chi connectivity index (χ1v) is 4.08. The number of aryl methyl sites for hydroxylation is 2. The van der Waals surface area contributed by atoms with Gasteiger partial charge in [0, 0.05) is 18.1 Å². The quantitative estimate of drug-likeness (QED) is 0.654. The molecule has 0 N–H and O–H groups in total. The second-order valence-electron chi connectivity index (χ2n) is 2.90. The Morgan fingerprint density at radius 1 is 1.15 bits per heavy atom. The van der Waals surface area contributed by atoms with Crippen LogP contribution in [0.2, 0.25) is 0 Å². The van der Waals surface area contributed by atoms with Gasteiger partial charge in [0.05, 0.1) is 5.69 Å². The van der Waals surface area contributed by atoms with E-state index in [1.54, 1.807) is 10.9 Å². The standard InChI is InChI=1S/C9H10N4/c1-7-3-5-10-9(11-7)13-6-4-8(2)12-13/h3-6H,1-2H3. The highest BCUT2D eigenvalue weighted by Crippen LogP contribution is 2.01. The van der Waals surface area contributed by atoms with Crippen LogP contribution in [0.5, 0.6) is 0 Å². The van der Waals surface area contributed by atoms with Gasteiger partial charge in [-0.2, -0.15) is 5.10 Å². The molecule has 13 heavy (non-hydrogen) atoms. The average molecular weight is 174 g/mol. The molecule has 0 fully saturated rings. The third-order valence-electron chi connectivity index (χ3n) is 1.71. The van der Waals surface area contributed by atoms with Crippen LogP contribution in [-0.2, 0) is 0 Å². The zero-order chi connectivity index (χ0) is 9.26. The van der Waals surface area contributed by atoms with E-state index in [0.717, 1.165) is 11.4 Å². The molecule has 0 aliphatic carbocycles. The molecular formula is C9H10N4. The molecule has 0 saturated heterocycles. The number of nitrogens with zero attached hydrogens (tertiary/aromatic N) is 4. The first-order chi connectivity index (χ1) is 6.25. The lowest BCUT2D eigenvalue weighted by Crippen LogP contribution is -2.02. The monoisotopic (exact) mass is 174 g/mol. The van der Waals surface area contributed by atoms with E-state index in [1.165, 1.54) is 0 Å². The molecule has 4 nitrogen and oxygen atoms in total. The highest BCUT2D eigenvalue weighted by Gasteiger charge is 1.99. The van der Waals surface area contributed by atoms with E-state index in [9.17, 15) is 0 Å². The van der Waals surface area contributed by atoms with Crippen molar-refractivity contribution in [3.05, 3.63) is 35.9 Å². The fourth-order valence-corrected chi connectivity index (χ4v) is 1.07. The first-order valence-electron chi connectivity index (χ1n) is 4.08. The van der Waals surface area contributed by atoms with E-state index in [-0.39, 0.29) is 0 Å². The van der Waals surface area contributed by atoms with E-state index < -0.39 is 0 Å². The molecule has 0 aromatic carbocycles. The maximum absolute atomic E-state index is 4.25. The highest BCUT2D eigenvalue weighted by molar-refractivity contribution is 5.13. The van der Waals surface area contributed by atoms with Gasteiger partial charge in [-0.15, -0.1) is 0 Å². The predicted molar refractivity (Wildman–Crippen MR) is 48.6 cm³/mol. The Bertz CT molecular complexity index is 419. The topological polar surface area (TPSA) is 43.6 Å². The molecule has 0 saturated carbocycles. The van der Waals surface area contributed by atoms with Crippen molar-refractivity contribution in [2.45, 2.75) is 13.8 Å². The van der Waals surface area contributed by atoms with Crippen molar-refractivity contribution in [1.29, 1.82) is 0 Å². The summed E-state index contributed by atoms with van der Waals surface area (Å²) in [7, 11) is 0. The number of hydrogen-bond donors (Lipinski definition) is 0. The van der Waals surface area contributed by atoms with Gasteiger partial charge in [-0.25, -0.2) is 14.6 Å². The van der Waals surface area contributed by atoms with Gasteiger partial charge in [0.15, 0.2) is 0 Å². The minimum Gasteiger partial charge on any atom is -0.220 e. The van der Waals surface area contributed by atoms with Gasteiger partial charge in [0.1, 0.15) is 0 Å². The van der Waals surface area contributed by atoms with E-state index >= 15 is 0 Å². The molecule has 66 valence electrons. The van der Waals surface area contributed by atoms with Gasteiger partial charge in [-0.3, -0.25) is 0 Å². The fourth-order valence-electron chi connectivity index (χ4n) is 1.07. The molecule has 0 atom stereocenters. The lowest BCUT2D eigenvalue weighted by molar-refractivity contribution is 0.790. The Morgan fingerprint density at radius 2 is 2.00 bits per heavy atom. The molecular weight excluding hydrogens is 164 g/mol. The van der Waals surface area contributed by atoms with Crippen LogP contribution in [0.4, 0.5) is 0 Å². The SMILES string of the molecule is Cc1ccnc(-n2ccc(C)n2)n1. The molecule has 0 spiro atoms. The summed E-state index contributed by atoms with van der Waals surface area (Å²) in [5.74, 6) is 0.619. The summed E-state index contributed by atoms with van der Waals surface area (Å²) < 4.78 is 1.67. The van der Waals surface area contributed by atoms with E-state index in [4.69, 9.17) is 0 Å². The zero-order valence-corrected chi connectivity index (χ0v) is 7.60. The lowest BCUT2D eigenvalue weighted by Gasteiger charge is -1.98. The minimum atomic E-state index is 0.619. The van der Waals surface area contributed by atoms with Crippen molar-refractivity contribution in [2.24, 2.45) is 0 Å². The Morgan fingerprint density at radius 3 is 2.62 bits per heavy atom. The summed E-state index contributed by atoms with van der Waals surface area (Å²) in [6.45, 7) is 3.87. The van der Waals surface area contributed by atoms with Crippen LogP contribution in [-0.4, -0.2) is 19.7 Å². The number of aromatic nitrogens is 4. The van der Waals surface area contributed by atoms with Crippen molar-refractivity contribution in [3.8, 4) is 5.95 Å². The lowest BCUT2D eigenvalue weighted by atomic mass is 10.5. The molecule has 0 amide bonds. The smallest absolute Gasteiger partial charge is 0.220 e.